The first-order valence-electron chi connectivity index (χ1n) is 0.730. The van der Waals surface area contributed by atoms with E-state index in [9.17, 15) is 0 Å². The van der Waals surface area contributed by atoms with E-state index in [2.05, 4.69) is 0 Å². The van der Waals surface area contributed by atoms with Gasteiger partial charge in [0.1, 0.15) is 0 Å². The number of rotatable bonds is 0. The van der Waals surface area contributed by atoms with Crippen molar-refractivity contribution in [2.24, 2.45) is 0 Å². The van der Waals surface area contributed by atoms with E-state index >= 15 is 0 Å². The number of hydrogen-bond donors (Lipinski definition) is 0. The molecule has 0 amide bonds. The van der Waals surface area contributed by atoms with Crippen LogP contribution in [0.1, 0.15) is 0 Å². The van der Waals surface area contributed by atoms with Crippen LogP contribution in [0.4, 0.5) is 0 Å². The SMILES string of the molecule is O=P([O-])([O-])[O-].[Ca+2].[Mg+2].[Zn+2]. The van der Waals surface area contributed by atoms with Gasteiger partial charge >= 0.3 is 80.3 Å². The third-order valence-corrected chi connectivity index (χ3v) is 0. The molecule has 0 aromatic heterocycles. The molecule has 0 bridgehead atoms. The molecule has 0 saturated carbocycles. The molecule has 0 aliphatic carbocycles. The number of hydrogen-bond acceptors (Lipinski definition) is 4. The Labute approximate surface area is 106 Å². The van der Waals surface area contributed by atoms with Gasteiger partial charge in [-0.15, -0.1) is 0 Å². The van der Waals surface area contributed by atoms with Crippen LogP contribution in [0.2, 0.25) is 0 Å². The Kier molecular flexibility index (Phi) is 27.4. The average Bonchev–Trinajstić information content (AvgIpc) is 0.722. The molecular weight excluding hydrogens is 225 g/mol. The second-order valence-corrected chi connectivity index (χ2v) is 1.34. The Hall–Kier alpha value is 2.76. The minimum atomic E-state index is -5.39. The van der Waals surface area contributed by atoms with Crippen LogP contribution in [0.25, 0.3) is 0 Å². The smallest absolute Gasteiger partial charge is 0.822 e. The van der Waals surface area contributed by atoms with Crippen molar-refractivity contribution in [1.82, 2.24) is 0 Å². The van der Waals surface area contributed by atoms with Crippen LogP contribution in [-0.2, 0) is 24.0 Å². The van der Waals surface area contributed by atoms with Gasteiger partial charge in [-0.3, -0.25) is 0 Å². The van der Waals surface area contributed by atoms with Gasteiger partial charge in [0, 0.05) is 0 Å². The van der Waals surface area contributed by atoms with E-state index < -0.39 is 7.82 Å². The van der Waals surface area contributed by atoms with E-state index in [1.54, 1.807) is 0 Å². The van der Waals surface area contributed by atoms with Crippen molar-refractivity contribution < 1.29 is 38.7 Å². The predicted molar refractivity (Wildman–Crippen MR) is 19.1 cm³/mol. The van der Waals surface area contributed by atoms with Crippen molar-refractivity contribution in [3.05, 3.63) is 0 Å². The van der Waals surface area contributed by atoms with E-state index in [-0.39, 0.29) is 80.3 Å². The molecule has 0 aliphatic heterocycles. The summed E-state index contributed by atoms with van der Waals surface area (Å²) in [5.41, 5.74) is 0. The van der Waals surface area contributed by atoms with Gasteiger partial charge in [0.25, 0.3) is 0 Å². The van der Waals surface area contributed by atoms with Gasteiger partial charge in [-0.05, 0) is 0 Å². The molecule has 0 radical (unpaired) electrons. The number of phosphoric acid groups is 1. The molecule has 0 N–H and O–H groups in total. The molecule has 4 nitrogen and oxygen atoms in total. The summed E-state index contributed by atoms with van der Waals surface area (Å²) in [5.74, 6) is 0. The summed E-state index contributed by atoms with van der Waals surface area (Å²) >= 11 is 0. The quantitative estimate of drug-likeness (QED) is 0.315. The summed E-state index contributed by atoms with van der Waals surface area (Å²) < 4.78 is 8.55. The van der Waals surface area contributed by atoms with Crippen molar-refractivity contribution in [1.29, 1.82) is 0 Å². The third-order valence-electron chi connectivity index (χ3n) is 0. The Morgan fingerprint density at radius 2 is 1.12 bits per heavy atom. The normalized spacial score (nSPS) is 7.38. The average molecular weight is 225 g/mol. The van der Waals surface area contributed by atoms with Gasteiger partial charge in [-0.2, -0.15) is 7.82 Å². The van der Waals surface area contributed by atoms with Crippen LogP contribution in [-0.4, -0.2) is 60.8 Å². The van der Waals surface area contributed by atoms with Crippen molar-refractivity contribution in [2.45, 2.75) is 0 Å². The maximum atomic E-state index is 8.55. The van der Waals surface area contributed by atoms with E-state index in [0.29, 0.717) is 0 Å². The molecule has 0 aliphatic rings. The third kappa shape index (κ3) is 69.3. The van der Waals surface area contributed by atoms with Crippen LogP contribution in [0.5, 0.6) is 0 Å². The molecule has 0 saturated heterocycles. The van der Waals surface area contributed by atoms with Crippen molar-refractivity contribution in [3.8, 4) is 0 Å². The second-order valence-electron chi connectivity index (χ2n) is 0.447. The molecule has 0 rings (SSSR count). The van der Waals surface area contributed by atoms with Gasteiger partial charge in [0.05, 0.1) is 0 Å². The van der Waals surface area contributed by atoms with Gasteiger partial charge in [-0.25, -0.2) is 0 Å². The molecule has 8 heavy (non-hydrogen) atoms. The first kappa shape index (κ1) is 22.4. The zero-order valence-electron chi connectivity index (χ0n) is 4.20. The minimum absolute atomic E-state index is 0. The van der Waals surface area contributed by atoms with Crippen LogP contribution in [0.3, 0.4) is 0 Å². The van der Waals surface area contributed by atoms with Gasteiger partial charge in [0.15, 0.2) is 0 Å². The van der Waals surface area contributed by atoms with E-state index in [0.717, 1.165) is 0 Å². The molecule has 32 valence electrons. The van der Waals surface area contributed by atoms with Crippen molar-refractivity contribution >= 4 is 68.6 Å². The maximum absolute atomic E-state index is 8.55. The Morgan fingerprint density at radius 1 is 1.12 bits per heavy atom. The topological polar surface area (TPSA) is 86.2 Å². The van der Waals surface area contributed by atoms with E-state index in [1.165, 1.54) is 0 Å². The van der Waals surface area contributed by atoms with E-state index in [1.807, 2.05) is 0 Å². The zero-order valence-corrected chi connectivity index (χ0v) is 11.7. The molecular formula is CaMgO4PZn+3. The minimum Gasteiger partial charge on any atom is -0.822 e. The van der Waals surface area contributed by atoms with Crippen LogP contribution < -0.4 is 14.7 Å². The molecule has 0 atom stereocenters. The maximum Gasteiger partial charge on any atom is 2.00 e. The fourth-order valence-corrected chi connectivity index (χ4v) is 0. The zero-order chi connectivity index (χ0) is 4.50. The van der Waals surface area contributed by atoms with Crippen molar-refractivity contribution in [3.63, 3.8) is 0 Å². The first-order chi connectivity index (χ1) is 2.00. The molecule has 0 spiro atoms. The second kappa shape index (κ2) is 9.76. The Balaban J connectivity index is -0.0000000267. The van der Waals surface area contributed by atoms with E-state index in [4.69, 9.17) is 19.2 Å². The fraction of sp³-hybridized carbons (Fsp3) is 0. The molecule has 0 aromatic carbocycles. The summed E-state index contributed by atoms with van der Waals surface area (Å²) in [7, 11) is -5.39. The largest absolute Gasteiger partial charge is 2.00 e. The predicted octanol–water partition coefficient (Wildman–Crippen LogP) is -3.59. The van der Waals surface area contributed by atoms with Gasteiger partial charge in [0.2, 0.25) is 0 Å². The first-order valence-corrected chi connectivity index (χ1v) is 2.19. The van der Waals surface area contributed by atoms with Crippen LogP contribution in [0.15, 0.2) is 0 Å². The molecule has 8 heteroatoms. The molecule has 0 aromatic rings. The Bertz CT molecular complexity index is 62.2. The standard InChI is InChI=1S/Ca.Mg.H3O4P.Zn/c;;1-5(2,3)4;/h;;(H3,1,2,3,4);/q2*+2;;+2/p-3. The fourth-order valence-electron chi connectivity index (χ4n) is 0. The Morgan fingerprint density at radius 3 is 1.12 bits per heavy atom. The van der Waals surface area contributed by atoms with Crippen molar-refractivity contribution in [2.75, 3.05) is 0 Å². The summed E-state index contributed by atoms with van der Waals surface area (Å²) in [4.78, 5) is 25.6. The summed E-state index contributed by atoms with van der Waals surface area (Å²) in [5, 5.41) is 0. The summed E-state index contributed by atoms with van der Waals surface area (Å²) in [6.45, 7) is 0. The summed E-state index contributed by atoms with van der Waals surface area (Å²) in [6, 6.07) is 0. The molecule has 0 heterocycles. The molecule has 0 unspecified atom stereocenters. The molecule has 0 fully saturated rings. The summed E-state index contributed by atoms with van der Waals surface area (Å²) in [6.07, 6.45) is 0. The van der Waals surface area contributed by atoms with Gasteiger partial charge in [-0.1, -0.05) is 0 Å². The monoisotopic (exact) mass is 223 g/mol. The van der Waals surface area contributed by atoms with Crippen LogP contribution >= 0.6 is 7.82 Å². The van der Waals surface area contributed by atoms with Crippen LogP contribution in [0, 0.1) is 0 Å². The van der Waals surface area contributed by atoms with Gasteiger partial charge < -0.3 is 19.2 Å².